The minimum absolute atomic E-state index is 0.0929. The second kappa shape index (κ2) is 16.0. The standard InChI is InChI=1S/C22H38N4O8/c1-32-8-4-5-15(21(14-27)26-31)9-18-11-20(25-30)19(22(34-18)13-24-29)10-16-6-2-3-7-17(33-16)12-23-28/h15-22,27H,2-14H2,1H3/t15-,16+,17+,18-,19+,20-,21?,22?/m1/s1. The number of ether oxygens (including phenoxy) is 3. The largest absolute Gasteiger partial charge is 0.394 e. The first-order valence-electron chi connectivity index (χ1n) is 12.2. The molecular weight excluding hydrogens is 448 g/mol. The predicted molar refractivity (Wildman–Crippen MR) is 125 cm³/mol. The Kier molecular flexibility index (Phi) is 13.4. The van der Waals surface area contributed by atoms with Crippen LogP contribution in [0, 0.1) is 31.5 Å². The van der Waals surface area contributed by atoms with Crippen LogP contribution >= 0.6 is 0 Å². The average molecular weight is 487 g/mol. The van der Waals surface area contributed by atoms with Gasteiger partial charge >= 0.3 is 0 Å². The number of methoxy groups -OCH3 is 1. The number of nitroso groups, excluding NO2 is 4. The van der Waals surface area contributed by atoms with Gasteiger partial charge in [-0.15, -0.1) is 0 Å². The zero-order chi connectivity index (χ0) is 24.8. The van der Waals surface area contributed by atoms with Crippen LogP contribution in [0.1, 0.15) is 57.8 Å². The van der Waals surface area contributed by atoms with Crippen molar-refractivity contribution in [3.63, 3.8) is 0 Å². The highest BCUT2D eigenvalue weighted by molar-refractivity contribution is 4.94. The van der Waals surface area contributed by atoms with E-state index in [-0.39, 0.29) is 43.7 Å². The van der Waals surface area contributed by atoms with Crippen molar-refractivity contribution in [2.45, 2.75) is 94.3 Å². The highest BCUT2D eigenvalue weighted by Crippen LogP contribution is 2.37. The fourth-order valence-electron chi connectivity index (χ4n) is 5.34. The van der Waals surface area contributed by atoms with E-state index in [9.17, 15) is 24.7 Å². The molecule has 2 rings (SSSR count). The molecule has 34 heavy (non-hydrogen) atoms. The molecule has 0 aromatic rings. The normalized spacial score (nSPS) is 31.7. The van der Waals surface area contributed by atoms with Crippen LogP contribution in [-0.4, -0.2) is 75.0 Å². The molecule has 194 valence electrons. The average Bonchev–Trinajstić information content (AvgIpc) is 3.06. The summed E-state index contributed by atoms with van der Waals surface area (Å²) in [6.45, 7) is 0.110. The summed E-state index contributed by atoms with van der Waals surface area (Å²) in [5.74, 6) is -0.595. The number of rotatable bonds is 16. The van der Waals surface area contributed by atoms with Crippen LogP contribution in [0.5, 0.6) is 0 Å². The molecule has 0 aromatic heterocycles. The molecule has 2 heterocycles. The maximum atomic E-state index is 11.8. The van der Waals surface area contributed by atoms with E-state index in [1.165, 1.54) is 0 Å². The Labute approximate surface area is 199 Å². The Balaban J connectivity index is 2.10. The second-order valence-corrected chi connectivity index (χ2v) is 9.38. The van der Waals surface area contributed by atoms with Gasteiger partial charge in [-0.05, 0) is 50.9 Å². The molecule has 1 N–H and O–H groups in total. The molecule has 2 saturated heterocycles. The maximum absolute atomic E-state index is 11.8. The van der Waals surface area contributed by atoms with Gasteiger partial charge in [0.1, 0.15) is 19.1 Å². The Morgan fingerprint density at radius 3 is 2.35 bits per heavy atom. The van der Waals surface area contributed by atoms with Crippen LogP contribution in [0.15, 0.2) is 20.7 Å². The lowest BCUT2D eigenvalue weighted by Crippen LogP contribution is -2.47. The first kappa shape index (κ1) is 28.5. The topological polar surface area (TPSA) is 166 Å². The quantitative estimate of drug-likeness (QED) is 0.254. The highest BCUT2D eigenvalue weighted by Gasteiger charge is 2.42. The molecule has 0 spiro atoms. The molecular formula is C22H38N4O8. The van der Waals surface area contributed by atoms with Crippen molar-refractivity contribution in [1.82, 2.24) is 0 Å². The van der Waals surface area contributed by atoms with Gasteiger partial charge in [-0.2, -0.15) is 19.6 Å². The van der Waals surface area contributed by atoms with Gasteiger partial charge in [0.25, 0.3) is 0 Å². The minimum atomic E-state index is -0.786. The van der Waals surface area contributed by atoms with Gasteiger partial charge in [-0.3, -0.25) is 0 Å². The summed E-state index contributed by atoms with van der Waals surface area (Å²) in [7, 11) is 1.59. The SMILES string of the molecule is COCCC[C@H](C[C@@H]1C[C@@H](N=O)[C@H](C[C@@H]2CCCC[C@@H](CN=O)O2)C(CN=O)O1)C(CO)N=O. The van der Waals surface area contributed by atoms with Crippen LogP contribution in [0.3, 0.4) is 0 Å². The summed E-state index contributed by atoms with van der Waals surface area (Å²) in [6, 6.07) is -1.39. The van der Waals surface area contributed by atoms with E-state index in [1.54, 1.807) is 7.11 Å². The summed E-state index contributed by atoms with van der Waals surface area (Å²) < 4.78 is 17.4. The molecule has 2 aliphatic heterocycles. The molecule has 2 unspecified atom stereocenters. The lowest BCUT2D eigenvalue weighted by atomic mass is 9.79. The van der Waals surface area contributed by atoms with Gasteiger partial charge in [0.15, 0.2) is 0 Å². The molecule has 0 saturated carbocycles. The van der Waals surface area contributed by atoms with Gasteiger partial charge < -0.3 is 19.3 Å². The number of aliphatic hydroxyl groups excluding tert-OH is 1. The van der Waals surface area contributed by atoms with Crippen LogP contribution in [0.4, 0.5) is 0 Å². The summed E-state index contributed by atoms with van der Waals surface area (Å²) in [5, 5.41) is 22.0. The molecule has 12 heteroatoms. The van der Waals surface area contributed by atoms with Crippen molar-refractivity contribution in [2.24, 2.45) is 32.5 Å². The maximum Gasteiger partial charge on any atom is 0.118 e. The molecule has 0 aromatic carbocycles. The summed E-state index contributed by atoms with van der Waals surface area (Å²) in [6.07, 6.45) is 4.49. The van der Waals surface area contributed by atoms with Crippen molar-refractivity contribution < 1.29 is 19.3 Å². The second-order valence-electron chi connectivity index (χ2n) is 9.38. The molecule has 2 fully saturated rings. The van der Waals surface area contributed by atoms with Crippen molar-refractivity contribution in [2.75, 3.05) is 33.4 Å². The highest BCUT2D eigenvalue weighted by atomic mass is 16.5. The van der Waals surface area contributed by atoms with E-state index in [4.69, 9.17) is 14.2 Å². The molecule has 0 radical (unpaired) electrons. The number of nitrogens with zero attached hydrogens (tertiary/aromatic N) is 4. The zero-order valence-corrected chi connectivity index (χ0v) is 19.9. The van der Waals surface area contributed by atoms with Crippen molar-refractivity contribution in [3.8, 4) is 0 Å². The Morgan fingerprint density at radius 2 is 1.74 bits per heavy atom. The Bertz CT molecular complexity index is 628. The lowest BCUT2D eigenvalue weighted by molar-refractivity contribution is -0.113. The predicted octanol–water partition coefficient (Wildman–Crippen LogP) is 3.71. The van der Waals surface area contributed by atoms with E-state index in [0.717, 1.165) is 25.7 Å². The van der Waals surface area contributed by atoms with Crippen LogP contribution in [0.2, 0.25) is 0 Å². The zero-order valence-electron chi connectivity index (χ0n) is 19.9. The van der Waals surface area contributed by atoms with Gasteiger partial charge in [0.2, 0.25) is 0 Å². The Hall–Kier alpha value is -1.76. The first-order valence-corrected chi connectivity index (χ1v) is 12.2. The minimum Gasteiger partial charge on any atom is -0.394 e. The van der Waals surface area contributed by atoms with Gasteiger partial charge in [-0.1, -0.05) is 33.5 Å². The summed E-state index contributed by atoms with van der Waals surface area (Å²) in [5.41, 5.74) is 0. The first-order chi connectivity index (χ1) is 16.6. The van der Waals surface area contributed by atoms with E-state index in [1.807, 2.05) is 0 Å². The number of hydrogen-bond donors (Lipinski definition) is 1. The van der Waals surface area contributed by atoms with Crippen LogP contribution in [-0.2, 0) is 14.2 Å². The van der Waals surface area contributed by atoms with E-state index in [0.29, 0.717) is 38.7 Å². The van der Waals surface area contributed by atoms with Crippen LogP contribution < -0.4 is 0 Å². The third kappa shape index (κ3) is 8.79. The molecule has 0 amide bonds. The number of hydrogen-bond acceptors (Lipinski definition) is 12. The van der Waals surface area contributed by atoms with E-state index in [2.05, 4.69) is 20.7 Å². The number of aliphatic hydroxyl groups is 1. The monoisotopic (exact) mass is 486 g/mol. The third-order valence-electron chi connectivity index (χ3n) is 7.09. The van der Waals surface area contributed by atoms with Crippen LogP contribution in [0.25, 0.3) is 0 Å². The lowest BCUT2D eigenvalue weighted by Gasteiger charge is -2.41. The van der Waals surface area contributed by atoms with Gasteiger partial charge in [-0.25, -0.2) is 0 Å². The van der Waals surface area contributed by atoms with Gasteiger partial charge in [0.05, 0.1) is 37.1 Å². The molecule has 12 nitrogen and oxygen atoms in total. The molecule has 0 bridgehead atoms. The summed E-state index contributed by atoms with van der Waals surface area (Å²) >= 11 is 0. The van der Waals surface area contributed by atoms with E-state index >= 15 is 0 Å². The molecule has 0 aliphatic carbocycles. The molecule has 2 aliphatic rings. The van der Waals surface area contributed by atoms with Gasteiger partial charge in [0, 0.05) is 19.6 Å². The fraction of sp³-hybridized carbons (Fsp3) is 1.00. The smallest absolute Gasteiger partial charge is 0.118 e. The summed E-state index contributed by atoms with van der Waals surface area (Å²) in [4.78, 5) is 45.0. The Morgan fingerprint density at radius 1 is 1.00 bits per heavy atom. The molecule has 8 atom stereocenters. The van der Waals surface area contributed by atoms with Crippen molar-refractivity contribution >= 4 is 0 Å². The van der Waals surface area contributed by atoms with Crippen molar-refractivity contribution in [3.05, 3.63) is 19.6 Å². The fourth-order valence-corrected chi connectivity index (χ4v) is 5.34. The third-order valence-corrected chi connectivity index (χ3v) is 7.09. The van der Waals surface area contributed by atoms with Crippen molar-refractivity contribution in [1.29, 1.82) is 0 Å². The van der Waals surface area contributed by atoms with E-state index < -0.39 is 24.3 Å².